The van der Waals surface area contributed by atoms with Crippen molar-refractivity contribution in [3.05, 3.63) is 71.3 Å². The zero-order valence-corrected chi connectivity index (χ0v) is 17.9. The van der Waals surface area contributed by atoms with Gasteiger partial charge in [-0.05, 0) is 37.2 Å². The standard InChI is InChI=1S/C24H27F2N3O3/c25-19-7-8-21(22(26)15-19)24(31)29-13-14-32-20(17-29)16-27-9-4-10-28(12-11-27)23(30)18-5-2-1-3-6-18/h1-3,5-8,15,20H,4,9-14,16-17H2. The number of hydrogen-bond acceptors (Lipinski definition) is 4. The summed E-state index contributed by atoms with van der Waals surface area (Å²) in [5.41, 5.74) is 0.565. The highest BCUT2D eigenvalue weighted by molar-refractivity contribution is 5.95. The summed E-state index contributed by atoms with van der Waals surface area (Å²) in [5, 5.41) is 0. The molecule has 2 heterocycles. The number of rotatable bonds is 4. The van der Waals surface area contributed by atoms with Gasteiger partial charge < -0.3 is 14.5 Å². The minimum absolute atomic E-state index is 0.0412. The fourth-order valence-electron chi connectivity index (χ4n) is 4.26. The van der Waals surface area contributed by atoms with Gasteiger partial charge in [-0.1, -0.05) is 18.2 Å². The molecular formula is C24H27F2N3O3. The van der Waals surface area contributed by atoms with Crippen LogP contribution in [-0.4, -0.2) is 85.0 Å². The third-order valence-electron chi connectivity index (χ3n) is 5.95. The molecule has 2 aliphatic rings. The first-order valence-corrected chi connectivity index (χ1v) is 10.9. The number of halogens is 2. The lowest BCUT2D eigenvalue weighted by molar-refractivity contribution is -0.0354. The number of hydrogen-bond donors (Lipinski definition) is 0. The molecule has 2 aromatic carbocycles. The molecule has 170 valence electrons. The number of benzene rings is 2. The topological polar surface area (TPSA) is 53.1 Å². The van der Waals surface area contributed by atoms with E-state index in [0.717, 1.165) is 31.6 Å². The fraction of sp³-hybridized carbons (Fsp3) is 0.417. The molecule has 32 heavy (non-hydrogen) atoms. The largest absolute Gasteiger partial charge is 0.373 e. The summed E-state index contributed by atoms with van der Waals surface area (Å²) in [5.74, 6) is -1.97. The van der Waals surface area contributed by atoms with Gasteiger partial charge in [0.25, 0.3) is 11.8 Å². The van der Waals surface area contributed by atoms with Crippen molar-refractivity contribution in [2.45, 2.75) is 12.5 Å². The summed E-state index contributed by atoms with van der Waals surface area (Å²) in [7, 11) is 0. The molecule has 0 bridgehead atoms. The zero-order chi connectivity index (χ0) is 22.5. The van der Waals surface area contributed by atoms with Crippen LogP contribution in [0, 0.1) is 11.6 Å². The SMILES string of the molecule is O=C(c1ccccc1)N1CCCN(CC2CN(C(=O)c3ccc(F)cc3F)CCO2)CC1. The lowest BCUT2D eigenvalue weighted by atomic mass is 10.1. The van der Waals surface area contributed by atoms with Gasteiger partial charge in [0.1, 0.15) is 11.6 Å². The van der Waals surface area contributed by atoms with Crippen molar-refractivity contribution < 1.29 is 23.1 Å². The van der Waals surface area contributed by atoms with Gasteiger partial charge in [0.15, 0.2) is 0 Å². The number of carbonyl (C=O) groups is 2. The van der Waals surface area contributed by atoms with Crippen LogP contribution < -0.4 is 0 Å². The maximum Gasteiger partial charge on any atom is 0.257 e. The average Bonchev–Trinajstić information content (AvgIpc) is 3.04. The molecule has 0 saturated carbocycles. The number of morpholine rings is 1. The number of nitrogens with zero attached hydrogens (tertiary/aromatic N) is 3. The molecule has 2 amide bonds. The first kappa shape index (κ1) is 22.4. The Labute approximate surface area is 186 Å². The smallest absolute Gasteiger partial charge is 0.257 e. The van der Waals surface area contributed by atoms with Crippen LogP contribution in [0.2, 0.25) is 0 Å². The summed E-state index contributed by atoms with van der Waals surface area (Å²) >= 11 is 0. The molecule has 6 nitrogen and oxygen atoms in total. The normalized spacial score (nSPS) is 20.1. The molecular weight excluding hydrogens is 416 g/mol. The van der Waals surface area contributed by atoms with Crippen molar-refractivity contribution in [1.29, 1.82) is 0 Å². The summed E-state index contributed by atoms with van der Waals surface area (Å²) < 4.78 is 33.1. The third-order valence-corrected chi connectivity index (χ3v) is 5.95. The second-order valence-electron chi connectivity index (χ2n) is 8.18. The van der Waals surface area contributed by atoms with E-state index in [9.17, 15) is 18.4 Å². The Kier molecular flexibility index (Phi) is 7.12. The maximum absolute atomic E-state index is 14.0. The maximum atomic E-state index is 14.0. The summed E-state index contributed by atoms with van der Waals surface area (Å²) in [6, 6.07) is 12.3. The lowest BCUT2D eigenvalue weighted by Gasteiger charge is -2.35. The minimum atomic E-state index is -0.853. The highest BCUT2D eigenvalue weighted by Crippen LogP contribution is 2.16. The fourth-order valence-corrected chi connectivity index (χ4v) is 4.26. The molecule has 1 unspecified atom stereocenters. The molecule has 4 rings (SSSR count). The Hall–Kier alpha value is -2.84. The third kappa shape index (κ3) is 5.31. The van der Waals surface area contributed by atoms with Crippen LogP contribution in [-0.2, 0) is 4.74 Å². The molecule has 2 saturated heterocycles. The Bertz CT molecular complexity index is 957. The van der Waals surface area contributed by atoms with Crippen LogP contribution in [0.1, 0.15) is 27.1 Å². The van der Waals surface area contributed by atoms with Gasteiger partial charge in [-0.25, -0.2) is 8.78 Å². The van der Waals surface area contributed by atoms with Crippen molar-refractivity contribution in [3.8, 4) is 0 Å². The van der Waals surface area contributed by atoms with E-state index in [2.05, 4.69) is 4.90 Å². The van der Waals surface area contributed by atoms with Crippen molar-refractivity contribution in [2.24, 2.45) is 0 Å². The molecule has 0 radical (unpaired) electrons. The van der Waals surface area contributed by atoms with Gasteiger partial charge in [0.05, 0.1) is 18.3 Å². The second kappa shape index (κ2) is 10.2. The summed E-state index contributed by atoms with van der Waals surface area (Å²) in [6.07, 6.45) is 0.655. The highest BCUT2D eigenvalue weighted by Gasteiger charge is 2.29. The van der Waals surface area contributed by atoms with Gasteiger partial charge in [0.2, 0.25) is 0 Å². The van der Waals surface area contributed by atoms with Crippen molar-refractivity contribution >= 4 is 11.8 Å². The lowest BCUT2D eigenvalue weighted by Crippen LogP contribution is -2.50. The molecule has 0 spiro atoms. The van der Waals surface area contributed by atoms with E-state index in [-0.39, 0.29) is 17.6 Å². The van der Waals surface area contributed by atoms with E-state index in [0.29, 0.717) is 44.9 Å². The quantitative estimate of drug-likeness (QED) is 0.729. The van der Waals surface area contributed by atoms with Crippen LogP contribution in [0.5, 0.6) is 0 Å². The highest BCUT2D eigenvalue weighted by atomic mass is 19.1. The molecule has 2 aliphatic heterocycles. The van der Waals surface area contributed by atoms with E-state index in [1.54, 1.807) is 4.90 Å². The van der Waals surface area contributed by atoms with E-state index < -0.39 is 17.5 Å². The number of carbonyl (C=O) groups excluding carboxylic acids is 2. The van der Waals surface area contributed by atoms with Crippen LogP contribution in [0.25, 0.3) is 0 Å². The van der Waals surface area contributed by atoms with Crippen LogP contribution in [0.3, 0.4) is 0 Å². The van der Waals surface area contributed by atoms with Gasteiger partial charge in [-0.15, -0.1) is 0 Å². The van der Waals surface area contributed by atoms with Crippen LogP contribution in [0.4, 0.5) is 8.78 Å². The van der Waals surface area contributed by atoms with Gasteiger partial charge in [0, 0.05) is 50.9 Å². The zero-order valence-electron chi connectivity index (χ0n) is 17.9. The van der Waals surface area contributed by atoms with Crippen molar-refractivity contribution in [1.82, 2.24) is 14.7 Å². The molecule has 2 fully saturated rings. The summed E-state index contributed by atoms with van der Waals surface area (Å²) in [4.78, 5) is 31.1. The van der Waals surface area contributed by atoms with Crippen molar-refractivity contribution in [2.75, 3.05) is 52.4 Å². The van der Waals surface area contributed by atoms with Crippen molar-refractivity contribution in [3.63, 3.8) is 0 Å². The Morgan fingerprint density at radius 2 is 1.72 bits per heavy atom. The first-order chi connectivity index (χ1) is 15.5. The molecule has 8 heteroatoms. The van der Waals surface area contributed by atoms with E-state index in [1.165, 1.54) is 6.07 Å². The van der Waals surface area contributed by atoms with Gasteiger partial charge in [-0.2, -0.15) is 0 Å². The average molecular weight is 443 g/mol. The monoisotopic (exact) mass is 443 g/mol. The molecule has 2 aromatic rings. The molecule has 0 N–H and O–H groups in total. The van der Waals surface area contributed by atoms with Crippen LogP contribution >= 0.6 is 0 Å². The van der Waals surface area contributed by atoms with Gasteiger partial charge in [-0.3, -0.25) is 14.5 Å². The predicted octanol–water partition coefficient (Wildman–Crippen LogP) is 2.65. The Morgan fingerprint density at radius 3 is 2.50 bits per heavy atom. The molecule has 1 atom stereocenters. The number of amides is 2. The molecule has 0 aliphatic carbocycles. The van der Waals surface area contributed by atoms with Gasteiger partial charge >= 0.3 is 0 Å². The van der Waals surface area contributed by atoms with E-state index >= 15 is 0 Å². The summed E-state index contributed by atoms with van der Waals surface area (Å²) in [6.45, 7) is 4.59. The minimum Gasteiger partial charge on any atom is -0.373 e. The Balaban J connectivity index is 1.32. The predicted molar refractivity (Wildman–Crippen MR) is 115 cm³/mol. The van der Waals surface area contributed by atoms with E-state index in [4.69, 9.17) is 4.74 Å². The number of ether oxygens (including phenoxy) is 1. The Morgan fingerprint density at radius 1 is 0.906 bits per heavy atom. The molecule has 0 aromatic heterocycles. The van der Waals surface area contributed by atoms with E-state index in [1.807, 2.05) is 35.2 Å². The first-order valence-electron chi connectivity index (χ1n) is 10.9. The van der Waals surface area contributed by atoms with Crippen LogP contribution in [0.15, 0.2) is 48.5 Å². The second-order valence-corrected chi connectivity index (χ2v) is 8.18.